The molecular formula is C13H14N2O2S. The molecule has 3 heterocycles. The van der Waals surface area contributed by atoms with Gasteiger partial charge in [-0.15, -0.1) is 0 Å². The van der Waals surface area contributed by atoms with Crippen molar-refractivity contribution < 1.29 is 9.47 Å². The second-order valence-electron chi connectivity index (χ2n) is 4.64. The van der Waals surface area contributed by atoms with Crippen LogP contribution in [0.3, 0.4) is 0 Å². The average molecular weight is 262 g/mol. The lowest BCUT2D eigenvalue weighted by molar-refractivity contribution is 0.172. The number of hydrogen-bond donors (Lipinski definition) is 1. The molecule has 94 valence electrons. The van der Waals surface area contributed by atoms with E-state index >= 15 is 0 Å². The topological polar surface area (TPSA) is 47.1 Å². The summed E-state index contributed by atoms with van der Waals surface area (Å²) in [4.78, 5) is 8.11. The molecule has 2 aromatic rings. The first-order chi connectivity index (χ1) is 8.90. The lowest BCUT2D eigenvalue weighted by Crippen LogP contribution is -2.15. The van der Waals surface area contributed by atoms with Gasteiger partial charge >= 0.3 is 0 Å². The number of nitrogens with one attached hydrogen (secondary N) is 1. The van der Waals surface area contributed by atoms with Gasteiger partial charge in [-0.25, -0.2) is 4.98 Å². The van der Waals surface area contributed by atoms with Gasteiger partial charge in [-0.2, -0.15) is 11.8 Å². The van der Waals surface area contributed by atoms with Crippen molar-refractivity contribution in [2.45, 2.75) is 18.1 Å². The van der Waals surface area contributed by atoms with Crippen LogP contribution in [0.5, 0.6) is 11.5 Å². The fourth-order valence-electron chi connectivity index (χ4n) is 2.51. The highest BCUT2D eigenvalue weighted by Gasteiger charge is 2.22. The van der Waals surface area contributed by atoms with Crippen molar-refractivity contribution in [3.8, 4) is 11.5 Å². The van der Waals surface area contributed by atoms with E-state index in [9.17, 15) is 0 Å². The molecule has 0 saturated carbocycles. The van der Waals surface area contributed by atoms with Crippen molar-refractivity contribution in [2.75, 3.05) is 19.0 Å². The maximum atomic E-state index is 5.59. The molecule has 0 radical (unpaired) electrons. The monoisotopic (exact) mass is 262 g/mol. The molecule has 2 aliphatic rings. The van der Waals surface area contributed by atoms with Crippen molar-refractivity contribution in [1.82, 2.24) is 9.97 Å². The van der Waals surface area contributed by atoms with Crippen LogP contribution in [0.4, 0.5) is 0 Å². The molecule has 0 spiro atoms. The molecule has 5 heteroatoms. The van der Waals surface area contributed by atoms with Crippen LogP contribution in [0, 0.1) is 0 Å². The van der Waals surface area contributed by atoms with Crippen molar-refractivity contribution in [1.29, 1.82) is 0 Å². The van der Waals surface area contributed by atoms with Gasteiger partial charge in [0.05, 0.1) is 16.3 Å². The van der Waals surface area contributed by atoms with E-state index in [2.05, 4.69) is 4.98 Å². The van der Waals surface area contributed by atoms with Gasteiger partial charge in [0.25, 0.3) is 0 Å². The van der Waals surface area contributed by atoms with Crippen molar-refractivity contribution in [3.63, 3.8) is 0 Å². The predicted molar refractivity (Wildman–Crippen MR) is 71.5 cm³/mol. The molecule has 1 atom stereocenters. The molecule has 1 unspecified atom stereocenters. The molecule has 4 rings (SSSR count). The van der Waals surface area contributed by atoms with E-state index in [1.54, 1.807) is 0 Å². The van der Waals surface area contributed by atoms with Gasteiger partial charge in [-0.3, -0.25) is 0 Å². The maximum absolute atomic E-state index is 5.59. The van der Waals surface area contributed by atoms with E-state index in [0.717, 1.165) is 28.4 Å². The van der Waals surface area contributed by atoms with Crippen LogP contribution in [0.1, 0.15) is 23.9 Å². The zero-order valence-electron chi connectivity index (χ0n) is 9.94. The number of hydrogen-bond acceptors (Lipinski definition) is 4. The standard InChI is InChI=1S/C13H14N2O2S/c1-2-12(18-5-1)13-14-8-6-10-11(7-9(8)15-13)17-4-3-16-10/h6-7,12H,1-5H2,(H,14,15). The van der Waals surface area contributed by atoms with Crippen LogP contribution in [-0.4, -0.2) is 28.9 Å². The first-order valence-corrected chi connectivity index (χ1v) is 7.36. The highest BCUT2D eigenvalue weighted by Crippen LogP contribution is 2.40. The van der Waals surface area contributed by atoms with E-state index in [-0.39, 0.29) is 0 Å². The van der Waals surface area contributed by atoms with Crippen LogP contribution < -0.4 is 9.47 Å². The summed E-state index contributed by atoms with van der Waals surface area (Å²) >= 11 is 1.99. The second-order valence-corrected chi connectivity index (χ2v) is 5.95. The first-order valence-electron chi connectivity index (χ1n) is 6.31. The third-order valence-electron chi connectivity index (χ3n) is 3.40. The molecule has 0 amide bonds. The molecule has 0 aliphatic carbocycles. The summed E-state index contributed by atoms with van der Waals surface area (Å²) in [6.07, 6.45) is 2.51. The number of aromatic nitrogens is 2. The number of fused-ring (bicyclic) bond motifs is 2. The molecule has 18 heavy (non-hydrogen) atoms. The molecule has 1 aromatic carbocycles. The zero-order chi connectivity index (χ0) is 11.9. The van der Waals surface area contributed by atoms with Crippen LogP contribution in [-0.2, 0) is 0 Å². The van der Waals surface area contributed by atoms with Crippen LogP contribution in [0.15, 0.2) is 12.1 Å². The Bertz CT molecular complexity index is 547. The summed E-state index contributed by atoms with van der Waals surface area (Å²) in [6.45, 7) is 1.24. The molecule has 1 N–H and O–H groups in total. The summed E-state index contributed by atoms with van der Waals surface area (Å²) in [5, 5.41) is 0.524. The summed E-state index contributed by atoms with van der Waals surface area (Å²) < 4.78 is 11.2. The minimum absolute atomic E-state index is 0.524. The molecule has 1 fully saturated rings. The number of aromatic amines is 1. The van der Waals surface area contributed by atoms with Crippen LogP contribution in [0.2, 0.25) is 0 Å². The van der Waals surface area contributed by atoms with E-state index in [4.69, 9.17) is 14.5 Å². The predicted octanol–water partition coefficient (Wildman–Crippen LogP) is 2.90. The Kier molecular flexibility index (Phi) is 2.40. The Labute approximate surface area is 109 Å². The SMILES string of the molecule is c1c2c(cc3[nH]c(C4CCCS4)nc13)OCCO2. The van der Waals surface area contributed by atoms with Gasteiger partial charge in [-0.05, 0) is 18.6 Å². The Morgan fingerprint density at radius 2 is 2.06 bits per heavy atom. The smallest absolute Gasteiger partial charge is 0.163 e. The Balaban J connectivity index is 1.79. The molecular weight excluding hydrogens is 248 g/mol. The van der Waals surface area contributed by atoms with Crippen molar-refractivity contribution in [2.24, 2.45) is 0 Å². The average Bonchev–Trinajstić information content (AvgIpc) is 3.04. The highest BCUT2D eigenvalue weighted by molar-refractivity contribution is 7.99. The third kappa shape index (κ3) is 1.65. The molecule has 2 aliphatic heterocycles. The summed E-state index contributed by atoms with van der Waals surface area (Å²) in [7, 11) is 0. The maximum Gasteiger partial charge on any atom is 0.163 e. The van der Waals surface area contributed by atoms with Crippen LogP contribution >= 0.6 is 11.8 Å². The quantitative estimate of drug-likeness (QED) is 0.858. The van der Waals surface area contributed by atoms with Gasteiger partial charge in [0, 0.05) is 12.1 Å². The number of imidazole rings is 1. The number of H-pyrrole nitrogens is 1. The minimum atomic E-state index is 0.524. The van der Waals surface area contributed by atoms with Gasteiger partial charge in [-0.1, -0.05) is 0 Å². The number of rotatable bonds is 1. The number of benzene rings is 1. The van der Waals surface area contributed by atoms with Crippen molar-refractivity contribution in [3.05, 3.63) is 18.0 Å². The van der Waals surface area contributed by atoms with E-state index in [1.165, 1.54) is 18.6 Å². The second kappa shape index (κ2) is 4.09. The normalized spacial score (nSPS) is 22.6. The minimum Gasteiger partial charge on any atom is -0.486 e. The highest BCUT2D eigenvalue weighted by atomic mass is 32.2. The Morgan fingerprint density at radius 3 is 2.83 bits per heavy atom. The van der Waals surface area contributed by atoms with E-state index in [1.807, 2.05) is 23.9 Å². The molecule has 1 aromatic heterocycles. The fraction of sp³-hybridized carbons (Fsp3) is 0.462. The zero-order valence-corrected chi connectivity index (χ0v) is 10.8. The Hall–Kier alpha value is -1.36. The number of ether oxygens (including phenoxy) is 2. The molecule has 0 bridgehead atoms. The summed E-state index contributed by atoms with van der Waals surface area (Å²) in [5.74, 6) is 3.97. The van der Waals surface area contributed by atoms with Crippen LogP contribution in [0.25, 0.3) is 11.0 Å². The molecule has 4 nitrogen and oxygen atoms in total. The third-order valence-corrected chi connectivity index (χ3v) is 4.78. The van der Waals surface area contributed by atoms with Gasteiger partial charge in [0.1, 0.15) is 19.0 Å². The lowest BCUT2D eigenvalue weighted by Gasteiger charge is -2.17. The fourth-order valence-corrected chi connectivity index (χ4v) is 3.73. The summed E-state index contributed by atoms with van der Waals surface area (Å²) in [6, 6.07) is 3.98. The molecule has 1 saturated heterocycles. The van der Waals surface area contributed by atoms with Gasteiger partial charge in [0.15, 0.2) is 11.5 Å². The van der Waals surface area contributed by atoms with Gasteiger partial charge in [0.2, 0.25) is 0 Å². The summed E-state index contributed by atoms with van der Waals surface area (Å²) in [5.41, 5.74) is 2.02. The van der Waals surface area contributed by atoms with Gasteiger partial charge < -0.3 is 14.5 Å². The largest absolute Gasteiger partial charge is 0.486 e. The number of nitrogens with zero attached hydrogens (tertiary/aromatic N) is 1. The Morgan fingerprint density at radius 1 is 1.22 bits per heavy atom. The van der Waals surface area contributed by atoms with E-state index in [0.29, 0.717) is 18.5 Å². The number of thioether (sulfide) groups is 1. The van der Waals surface area contributed by atoms with E-state index < -0.39 is 0 Å². The van der Waals surface area contributed by atoms with Crippen molar-refractivity contribution >= 4 is 22.8 Å². The first kappa shape index (κ1) is 10.6. The lowest BCUT2D eigenvalue weighted by atomic mass is 10.2.